The molecular formula is C26H38N3+. The van der Waals surface area contributed by atoms with Gasteiger partial charge in [-0.2, -0.15) is 4.57 Å². The topological polar surface area (TPSA) is 10.4 Å². The number of rotatable bonds is 10. The molecule has 1 aromatic heterocycles. The summed E-state index contributed by atoms with van der Waals surface area (Å²) in [6.07, 6.45) is 9.38. The van der Waals surface area contributed by atoms with E-state index in [1.54, 1.807) is 0 Å². The van der Waals surface area contributed by atoms with Gasteiger partial charge >= 0.3 is 0 Å². The minimum absolute atomic E-state index is 1.08. The third-order valence-electron chi connectivity index (χ3n) is 5.94. The molecule has 0 amide bonds. The summed E-state index contributed by atoms with van der Waals surface area (Å²) in [5.41, 5.74) is 5.19. The van der Waals surface area contributed by atoms with Crippen LogP contribution in [0.3, 0.4) is 0 Å². The Morgan fingerprint density at radius 1 is 0.621 bits per heavy atom. The van der Waals surface area contributed by atoms with Gasteiger partial charge in [-0.3, -0.25) is 0 Å². The number of hydrogen-bond donors (Lipinski definition) is 0. The number of aryl methyl sites for hydroxylation is 1. The molecule has 0 unspecified atom stereocenters. The third-order valence-corrected chi connectivity index (χ3v) is 5.94. The van der Waals surface area contributed by atoms with E-state index < -0.39 is 0 Å². The monoisotopic (exact) mass is 392 g/mol. The van der Waals surface area contributed by atoms with E-state index in [4.69, 9.17) is 0 Å². The summed E-state index contributed by atoms with van der Waals surface area (Å²) in [6.45, 7) is 3.36. The van der Waals surface area contributed by atoms with Crippen LogP contribution in [-0.4, -0.2) is 28.2 Å². The fourth-order valence-electron chi connectivity index (χ4n) is 4.10. The number of pyridine rings is 1. The van der Waals surface area contributed by atoms with Crippen LogP contribution in [0.5, 0.6) is 0 Å². The van der Waals surface area contributed by atoms with Crippen molar-refractivity contribution in [3.8, 4) is 0 Å². The van der Waals surface area contributed by atoms with Crippen LogP contribution in [0.25, 0.3) is 21.8 Å². The number of unbranched alkanes of at least 4 members (excludes halogenated alkanes) is 6. The highest BCUT2D eigenvalue weighted by Crippen LogP contribution is 2.25. The fourth-order valence-corrected chi connectivity index (χ4v) is 4.10. The van der Waals surface area contributed by atoms with Gasteiger partial charge < -0.3 is 9.80 Å². The number of benzene rings is 2. The summed E-state index contributed by atoms with van der Waals surface area (Å²) >= 11 is 0. The van der Waals surface area contributed by atoms with Crippen LogP contribution in [0.15, 0.2) is 42.5 Å². The average Bonchev–Trinajstić information content (AvgIpc) is 2.71. The van der Waals surface area contributed by atoms with E-state index in [2.05, 4.69) is 91.9 Å². The maximum Gasteiger partial charge on any atom is 0.215 e. The summed E-state index contributed by atoms with van der Waals surface area (Å²) in [4.78, 5) is 4.38. The molecule has 29 heavy (non-hydrogen) atoms. The Morgan fingerprint density at radius 2 is 1.10 bits per heavy atom. The van der Waals surface area contributed by atoms with Crippen LogP contribution in [0.2, 0.25) is 0 Å². The Labute approximate surface area is 176 Å². The molecule has 0 aliphatic heterocycles. The summed E-state index contributed by atoms with van der Waals surface area (Å²) in [7, 11) is 8.47. The second-order valence-electron chi connectivity index (χ2n) is 8.69. The molecule has 1 heterocycles. The molecule has 0 N–H and O–H groups in total. The molecule has 3 aromatic rings. The predicted molar refractivity (Wildman–Crippen MR) is 128 cm³/mol. The Morgan fingerprint density at radius 3 is 1.59 bits per heavy atom. The van der Waals surface area contributed by atoms with Crippen molar-refractivity contribution in [1.29, 1.82) is 0 Å². The SMILES string of the molecule is CCCCCCCCC[n+]1c2cc(N(C)C)ccc2cc2ccc(N(C)C)cc21. The van der Waals surface area contributed by atoms with Crippen molar-refractivity contribution < 1.29 is 4.57 Å². The average molecular weight is 393 g/mol. The Kier molecular flexibility index (Phi) is 7.35. The lowest BCUT2D eigenvalue weighted by atomic mass is 10.1. The van der Waals surface area contributed by atoms with Gasteiger partial charge in [-0.1, -0.05) is 39.0 Å². The van der Waals surface area contributed by atoms with Crippen LogP contribution in [-0.2, 0) is 6.54 Å². The van der Waals surface area contributed by atoms with Crippen molar-refractivity contribution in [3.05, 3.63) is 42.5 Å². The second-order valence-corrected chi connectivity index (χ2v) is 8.69. The lowest BCUT2D eigenvalue weighted by Gasteiger charge is -2.15. The second kappa shape index (κ2) is 9.96. The third kappa shape index (κ3) is 5.20. The standard InChI is InChI=1S/C26H38N3/c1-6-7-8-9-10-11-12-17-29-25-19-23(27(2)3)15-13-21(25)18-22-14-16-24(28(4)5)20-26(22)29/h13-16,18-20H,6-12,17H2,1-5H3/q+1. The molecule has 0 saturated heterocycles. The van der Waals surface area contributed by atoms with Gasteiger partial charge in [0.1, 0.15) is 6.54 Å². The normalized spacial score (nSPS) is 11.3. The summed E-state index contributed by atoms with van der Waals surface area (Å²) in [5, 5.41) is 2.65. The smallest absolute Gasteiger partial charge is 0.215 e. The molecule has 0 fully saturated rings. The van der Waals surface area contributed by atoms with Gasteiger partial charge in [0.15, 0.2) is 0 Å². The predicted octanol–water partition coefficient (Wildman–Crippen LogP) is 6.16. The van der Waals surface area contributed by atoms with Crippen LogP contribution < -0.4 is 14.4 Å². The van der Waals surface area contributed by atoms with Gasteiger partial charge in [0.05, 0.1) is 0 Å². The van der Waals surface area contributed by atoms with E-state index >= 15 is 0 Å². The maximum atomic E-state index is 2.55. The van der Waals surface area contributed by atoms with Gasteiger partial charge in [0, 0.05) is 68.9 Å². The molecule has 3 heteroatoms. The highest BCUT2D eigenvalue weighted by Gasteiger charge is 2.17. The molecule has 0 atom stereocenters. The first kappa shape index (κ1) is 21.4. The Hall–Kier alpha value is -2.29. The zero-order chi connectivity index (χ0) is 20.8. The minimum Gasteiger partial charge on any atom is -0.377 e. The first-order valence-corrected chi connectivity index (χ1v) is 11.3. The van der Waals surface area contributed by atoms with Crippen LogP contribution in [0.1, 0.15) is 51.9 Å². The molecule has 0 saturated carbocycles. The van der Waals surface area contributed by atoms with Crippen molar-refractivity contribution in [2.75, 3.05) is 38.0 Å². The Bertz CT molecular complexity index is 877. The van der Waals surface area contributed by atoms with E-state index in [0.29, 0.717) is 0 Å². The number of aromatic nitrogens is 1. The number of nitrogens with zero attached hydrogens (tertiary/aromatic N) is 3. The molecule has 3 nitrogen and oxygen atoms in total. The molecule has 3 rings (SSSR count). The van der Waals surface area contributed by atoms with Gasteiger partial charge in [0.25, 0.3) is 0 Å². The van der Waals surface area contributed by atoms with Gasteiger partial charge in [0.2, 0.25) is 11.0 Å². The molecule has 0 aliphatic carbocycles. The first-order chi connectivity index (χ1) is 14.0. The number of fused-ring (bicyclic) bond motifs is 2. The molecule has 0 aliphatic rings. The molecule has 156 valence electrons. The molecule has 2 aromatic carbocycles. The highest BCUT2D eigenvalue weighted by molar-refractivity contribution is 5.91. The summed E-state index contributed by atoms with van der Waals surface area (Å²) in [5.74, 6) is 0. The summed E-state index contributed by atoms with van der Waals surface area (Å²) in [6, 6.07) is 16.0. The zero-order valence-corrected chi connectivity index (χ0v) is 19.0. The van der Waals surface area contributed by atoms with Crippen molar-refractivity contribution in [1.82, 2.24) is 0 Å². The first-order valence-electron chi connectivity index (χ1n) is 11.3. The highest BCUT2D eigenvalue weighted by atomic mass is 15.1. The van der Waals surface area contributed by atoms with Crippen molar-refractivity contribution in [3.63, 3.8) is 0 Å². The fraction of sp³-hybridized carbons (Fsp3) is 0.500. The molecule has 0 bridgehead atoms. The van der Waals surface area contributed by atoms with E-state index in [1.165, 1.54) is 78.1 Å². The van der Waals surface area contributed by atoms with Crippen LogP contribution >= 0.6 is 0 Å². The number of anilines is 2. The molecule has 0 spiro atoms. The van der Waals surface area contributed by atoms with E-state index in [-0.39, 0.29) is 0 Å². The van der Waals surface area contributed by atoms with Crippen molar-refractivity contribution in [2.24, 2.45) is 0 Å². The lowest BCUT2D eigenvalue weighted by Crippen LogP contribution is -2.36. The van der Waals surface area contributed by atoms with Gasteiger partial charge in [-0.15, -0.1) is 0 Å². The van der Waals surface area contributed by atoms with E-state index in [0.717, 1.165) is 6.54 Å². The van der Waals surface area contributed by atoms with Crippen molar-refractivity contribution >= 4 is 33.2 Å². The Balaban J connectivity index is 1.95. The maximum absolute atomic E-state index is 2.55. The van der Waals surface area contributed by atoms with Crippen molar-refractivity contribution in [2.45, 2.75) is 58.4 Å². The van der Waals surface area contributed by atoms with Crippen LogP contribution in [0, 0.1) is 0 Å². The van der Waals surface area contributed by atoms with E-state index in [1.807, 2.05) is 0 Å². The minimum atomic E-state index is 1.08. The summed E-state index contributed by atoms with van der Waals surface area (Å²) < 4.78 is 2.55. The quantitative estimate of drug-likeness (QED) is 0.232. The number of hydrogen-bond acceptors (Lipinski definition) is 2. The zero-order valence-electron chi connectivity index (χ0n) is 19.0. The van der Waals surface area contributed by atoms with Gasteiger partial charge in [-0.05, 0) is 36.8 Å². The van der Waals surface area contributed by atoms with E-state index in [9.17, 15) is 0 Å². The lowest BCUT2D eigenvalue weighted by molar-refractivity contribution is -0.645. The van der Waals surface area contributed by atoms with Gasteiger partial charge in [-0.25, -0.2) is 0 Å². The molecular weight excluding hydrogens is 354 g/mol. The van der Waals surface area contributed by atoms with Crippen LogP contribution in [0.4, 0.5) is 11.4 Å². The molecule has 0 radical (unpaired) electrons. The largest absolute Gasteiger partial charge is 0.377 e.